The predicted molar refractivity (Wildman–Crippen MR) is 40.3 cm³/mol. The molecule has 0 aromatic rings. The van der Waals surface area contributed by atoms with Gasteiger partial charge in [-0.15, -0.1) is 0 Å². The Morgan fingerprint density at radius 1 is 1.70 bits per heavy atom. The van der Waals surface area contributed by atoms with Crippen molar-refractivity contribution >= 4 is 5.97 Å². The van der Waals surface area contributed by atoms with E-state index in [0.29, 0.717) is 6.42 Å². The SMILES string of the molecule is [CH2]CC=CC(=O)OC(C)C. The van der Waals surface area contributed by atoms with Gasteiger partial charge in [0, 0.05) is 6.08 Å². The molecule has 0 spiro atoms. The van der Waals surface area contributed by atoms with Crippen LogP contribution in [0.3, 0.4) is 0 Å². The van der Waals surface area contributed by atoms with Gasteiger partial charge in [-0.1, -0.05) is 6.08 Å². The average molecular weight is 141 g/mol. The first-order valence-electron chi connectivity index (χ1n) is 3.33. The number of carbonyl (C=O) groups excluding carboxylic acids is 1. The molecule has 0 unspecified atom stereocenters. The number of ether oxygens (including phenoxy) is 1. The number of hydrogen-bond donors (Lipinski definition) is 0. The molecule has 1 radical (unpaired) electrons. The van der Waals surface area contributed by atoms with Gasteiger partial charge in [-0.25, -0.2) is 4.79 Å². The fourth-order valence-electron chi connectivity index (χ4n) is 0.451. The summed E-state index contributed by atoms with van der Waals surface area (Å²) in [7, 11) is 0. The second kappa shape index (κ2) is 5.03. The maximum absolute atomic E-state index is 10.7. The molecule has 57 valence electrons. The van der Waals surface area contributed by atoms with E-state index in [1.54, 1.807) is 6.08 Å². The number of carbonyl (C=O) groups is 1. The molecule has 0 aliphatic rings. The van der Waals surface area contributed by atoms with E-state index in [1.165, 1.54) is 6.08 Å². The molecule has 0 aromatic carbocycles. The van der Waals surface area contributed by atoms with Crippen molar-refractivity contribution in [3.05, 3.63) is 19.1 Å². The molecule has 0 saturated heterocycles. The summed E-state index contributed by atoms with van der Waals surface area (Å²) >= 11 is 0. The second-order valence-electron chi connectivity index (χ2n) is 2.18. The molecule has 0 aromatic heterocycles. The Morgan fingerprint density at radius 2 is 2.30 bits per heavy atom. The van der Waals surface area contributed by atoms with Crippen LogP contribution in [0.5, 0.6) is 0 Å². The molecule has 10 heavy (non-hydrogen) atoms. The highest BCUT2D eigenvalue weighted by molar-refractivity contribution is 5.81. The number of allylic oxidation sites excluding steroid dienone is 1. The summed E-state index contributed by atoms with van der Waals surface area (Å²) in [6.07, 6.45) is 3.65. The van der Waals surface area contributed by atoms with Gasteiger partial charge in [0.25, 0.3) is 0 Å². The van der Waals surface area contributed by atoms with Gasteiger partial charge in [-0.2, -0.15) is 0 Å². The van der Waals surface area contributed by atoms with Crippen LogP contribution < -0.4 is 0 Å². The van der Waals surface area contributed by atoms with Crippen LogP contribution in [-0.4, -0.2) is 12.1 Å². The van der Waals surface area contributed by atoms with Crippen molar-refractivity contribution in [2.75, 3.05) is 0 Å². The lowest BCUT2D eigenvalue weighted by Gasteiger charge is -2.03. The number of esters is 1. The first-order valence-corrected chi connectivity index (χ1v) is 3.33. The first kappa shape index (κ1) is 9.21. The van der Waals surface area contributed by atoms with E-state index < -0.39 is 0 Å². The predicted octanol–water partition coefficient (Wildman–Crippen LogP) is 1.72. The molecule has 0 bridgehead atoms. The van der Waals surface area contributed by atoms with Gasteiger partial charge < -0.3 is 4.74 Å². The molecular formula is C8H13O2. The van der Waals surface area contributed by atoms with Crippen molar-refractivity contribution in [3.8, 4) is 0 Å². The summed E-state index contributed by atoms with van der Waals surface area (Å²) in [5.41, 5.74) is 0. The van der Waals surface area contributed by atoms with E-state index in [4.69, 9.17) is 4.74 Å². The Kier molecular flexibility index (Phi) is 4.63. The highest BCUT2D eigenvalue weighted by Gasteiger charge is 1.97. The third-order valence-electron chi connectivity index (χ3n) is 0.772. The van der Waals surface area contributed by atoms with Crippen molar-refractivity contribution in [2.24, 2.45) is 0 Å². The summed E-state index contributed by atoms with van der Waals surface area (Å²) in [6, 6.07) is 0. The van der Waals surface area contributed by atoms with Gasteiger partial charge in [0.2, 0.25) is 0 Å². The summed E-state index contributed by atoms with van der Waals surface area (Å²) in [4.78, 5) is 10.7. The molecule has 0 aliphatic carbocycles. The van der Waals surface area contributed by atoms with Crippen molar-refractivity contribution in [1.29, 1.82) is 0 Å². The zero-order valence-electron chi connectivity index (χ0n) is 6.46. The van der Waals surface area contributed by atoms with E-state index in [9.17, 15) is 4.79 Å². The lowest BCUT2D eigenvalue weighted by molar-refractivity contribution is -0.141. The fourth-order valence-corrected chi connectivity index (χ4v) is 0.451. The van der Waals surface area contributed by atoms with E-state index in [0.717, 1.165) is 0 Å². The lowest BCUT2D eigenvalue weighted by atomic mass is 10.4. The Labute approximate surface area is 61.9 Å². The van der Waals surface area contributed by atoms with Crippen LogP contribution in [0.4, 0.5) is 0 Å². The maximum atomic E-state index is 10.7. The van der Waals surface area contributed by atoms with Crippen LogP contribution in [0.1, 0.15) is 20.3 Å². The van der Waals surface area contributed by atoms with Crippen LogP contribution in [0.15, 0.2) is 12.2 Å². The molecule has 0 N–H and O–H groups in total. The topological polar surface area (TPSA) is 26.3 Å². The third-order valence-corrected chi connectivity index (χ3v) is 0.772. The maximum Gasteiger partial charge on any atom is 0.330 e. The Morgan fingerprint density at radius 3 is 2.70 bits per heavy atom. The molecule has 0 heterocycles. The van der Waals surface area contributed by atoms with Gasteiger partial charge in [0.15, 0.2) is 0 Å². The summed E-state index contributed by atoms with van der Waals surface area (Å²) in [5, 5.41) is 0. The molecule has 2 nitrogen and oxygen atoms in total. The summed E-state index contributed by atoms with van der Waals surface area (Å²) in [5.74, 6) is -0.293. The minimum absolute atomic E-state index is 0.0398. The third kappa shape index (κ3) is 5.35. The van der Waals surface area contributed by atoms with Crippen LogP contribution in [0, 0.1) is 6.92 Å². The average Bonchev–Trinajstić information content (AvgIpc) is 1.82. The molecule has 2 heteroatoms. The summed E-state index contributed by atoms with van der Waals surface area (Å²) < 4.78 is 4.80. The molecule has 0 aliphatic heterocycles. The highest BCUT2D eigenvalue weighted by Crippen LogP contribution is 1.90. The monoisotopic (exact) mass is 141 g/mol. The van der Waals surface area contributed by atoms with Gasteiger partial charge in [-0.05, 0) is 27.2 Å². The number of hydrogen-bond acceptors (Lipinski definition) is 2. The zero-order chi connectivity index (χ0) is 7.98. The largest absolute Gasteiger partial charge is 0.460 e. The van der Waals surface area contributed by atoms with E-state index in [-0.39, 0.29) is 12.1 Å². The van der Waals surface area contributed by atoms with Crippen LogP contribution in [0.25, 0.3) is 0 Å². The Hall–Kier alpha value is -0.790. The van der Waals surface area contributed by atoms with E-state index in [2.05, 4.69) is 6.92 Å². The lowest BCUT2D eigenvalue weighted by Crippen LogP contribution is -2.08. The zero-order valence-corrected chi connectivity index (χ0v) is 6.46. The van der Waals surface area contributed by atoms with E-state index >= 15 is 0 Å². The molecular weight excluding hydrogens is 128 g/mol. The standard InChI is InChI=1S/C8H13O2/c1-4-5-6-8(9)10-7(2)3/h5-7H,1,4H2,2-3H3. The van der Waals surface area contributed by atoms with Gasteiger partial charge in [0.1, 0.15) is 0 Å². The summed E-state index contributed by atoms with van der Waals surface area (Å²) in [6.45, 7) is 7.17. The van der Waals surface area contributed by atoms with Crippen molar-refractivity contribution in [1.82, 2.24) is 0 Å². The molecule has 0 rings (SSSR count). The van der Waals surface area contributed by atoms with Crippen molar-refractivity contribution in [3.63, 3.8) is 0 Å². The van der Waals surface area contributed by atoms with Crippen LogP contribution in [-0.2, 0) is 9.53 Å². The number of rotatable bonds is 3. The first-order chi connectivity index (χ1) is 4.66. The van der Waals surface area contributed by atoms with Gasteiger partial charge in [-0.3, -0.25) is 0 Å². The van der Waals surface area contributed by atoms with Crippen LogP contribution >= 0.6 is 0 Å². The fraction of sp³-hybridized carbons (Fsp3) is 0.500. The van der Waals surface area contributed by atoms with Gasteiger partial charge >= 0.3 is 5.97 Å². The molecule has 0 amide bonds. The smallest absolute Gasteiger partial charge is 0.330 e. The van der Waals surface area contributed by atoms with Crippen molar-refractivity contribution < 1.29 is 9.53 Å². The minimum atomic E-state index is -0.293. The van der Waals surface area contributed by atoms with Crippen LogP contribution in [0.2, 0.25) is 0 Å². The Bertz CT molecular complexity index is 125. The Balaban J connectivity index is 3.54. The van der Waals surface area contributed by atoms with Crippen molar-refractivity contribution in [2.45, 2.75) is 26.4 Å². The highest BCUT2D eigenvalue weighted by atomic mass is 16.5. The second-order valence-corrected chi connectivity index (χ2v) is 2.18. The molecule has 0 atom stereocenters. The van der Waals surface area contributed by atoms with Gasteiger partial charge in [0.05, 0.1) is 6.10 Å². The quantitative estimate of drug-likeness (QED) is 0.442. The normalized spacial score (nSPS) is 10.8. The molecule has 0 fully saturated rings. The molecule has 0 saturated carbocycles. The minimum Gasteiger partial charge on any atom is -0.460 e. The van der Waals surface area contributed by atoms with E-state index in [1.807, 2.05) is 13.8 Å².